The van der Waals surface area contributed by atoms with Crippen LogP contribution in [0.25, 0.3) is 0 Å². The molecular weight excluding hydrogens is 334 g/mol. The molecule has 0 aliphatic carbocycles. The van der Waals surface area contributed by atoms with Crippen LogP contribution < -0.4 is 5.32 Å². The first-order valence-corrected chi connectivity index (χ1v) is 9.43. The molecule has 3 aliphatic rings. The summed E-state index contributed by atoms with van der Waals surface area (Å²) < 4.78 is 5.27. The van der Waals surface area contributed by atoms with Gasteiger partial charge >= 0.3 is 0 Å². The van der Waals surface area contributed by atoms with Gasteiger partial charge < -0.3 is 19.5 Å². The van der Waals surface area contributed by atoms with Gasteiger partial charge in [0.25, 0.3) is 5.91 Å². The predicted molar refractivity (Wildman–Crippen MR) is 93.4 cm³/mol. The maximum Gasteiger partial charge on any atom is 0.257 e. The lowest BCUT2D eigenvalue weighted by Crippen LogP contribution is -2.67. The molecule has 3 fully saturated rings. The smallest absolute Gasteiger partial charge is 0.257 e. The minimum absolute atomic E-state index is 0.00491. The number of rotatable bonds is 2. The highest BCUT2D eigenvalue weighted by atomic mass is 16.3. The predicted octanol–water partition coefficient (Wildman–Crippen LogP) is 1.32. The molecule has 1 aromatic heterocycles. The number of nitrogens with one attached hydrogen (secondary N) is 1. The van der Waals surface area contributed by atoms with E-state index in [0.717, 1.165) is 25.9 Å². The highest BCUT2D eigenvalue weighted by molar-refractivity contribution is 5.96. The molecule has 7 nitrogen and oxygen atoms in total. The standard InChI is InChI=1S/C19H25N3O4/c1-13-14(6-11-26-13)17(24)22-10-5-15-19(12-22,7-4-16(23)20-15)18(25)21-8-2-3-9-21/h6,11,15H,2-5,7-10,12H2,1H3,(H,20,23)/t15-,19+/m1/s1. The summed E-state index contributed by atoms with van der Waals surface area (Å²) in [6.07, 6.45) is 5.01. The second kappa shape index (κ2) is 6.45. The van der Waals surface area contributed by atoms with Crippen molar-refractivity contribution in [2.24, 2.45) is 5.41 Å². The molecule has 4 rings (SSSR count). The normalized spacial score (nSPS) is 28.7. The fourth-order valence-corrected chi connectivity index (χ4v) is 4.67. The van der Waals surface area contributed by atoms with Crippen LogP contribution in [0.2, 0.25) is 0 Å². The van der Waals surface area contributed by atoms with Crippen molar-refractivity contribution in [2.75, 3.05) is 26.2 Å². The Balaban J connectivity index is 1.62. The molecule has 26 heavy (non-hydrogen) atoms. The van der Waals surface area contributed by atoms with Gasteiger partial charge in [0.05, 0.1) is 17.2 Å². The maximum absolute atomic E-state index is 13.4. The van der Waals surface area contributed by atoms with E-state index < -0.39 is 5.41 Å². The van der Waals surface area contributed by atoms with Gasteiger partial charge in [-0.2, -0.15) is 0 Å². The topological polar surface area (TPSA) is 82.9 Å². The Kier molecular flexibility index (Phi) is 4.25. The van der Waals surface area contributed by atoms with Gasteiger partial charge in [0.1, 0.15) is 5.76 Å². The first kappa shape index (κ1) is 17.1. The van der Waals surface area contributed by atoms with Crippen LogP contribution in [-0.2, 0) is 9.59 Å². The van der Waals surface area contributed by atoms with Crippen molar-refractivity contribution in [1.82, 2.24) is 15.1 Å². The van der Waals surface area contributed by atoms with Crippen molar-refractivity contribution < 1.29 is 18.8 Å². The van der Waals surface area contributed by atoms with Gasteiger partial charge in [-0.05, 0) is 38.7 Å². The molecule has 7 heteroatoms. The van der Waals surface area contributed by atoms with E-state index in [4.69, 9.17) is 4.42 Å². The Morgan fingerprint density at radius 2 is 2.00 bits per heavy atom. The van der Waals surface area contributed by atoms with E-state index in [0.29, 0.717) is 43.7 Å². The molecule has 4 heterocycles. The monoisotopic (exact) mass is 359 g/mol. The van der Waals surface area contributed by atoms with Crippen LogP contribution in [0, 0.1) is 12.3 Å². The quantitative estimate of drug-likeness (QED) is 0.863. The van der Waals surface area contributed by atoms with Crippen molar-refractivity contribution in [2.45, 2.75) is 45.1 Å². The number of amides is 3. The van der Waals surface area contributed by atoms with Gasteiger partial charge in [0.15, 0.2) is 0 Å². The second-order valence-electron chi connectivity index (χ2n) is 7.68. The van der Waals surface area contributed by atoms with Crippen LogP contribution in [0.15, 0.2) is 16.7 Å². The van der Waals surface area contributed by atoms with Gasteiger partial charge in [-0.1, -0.05) is 0 Å². The summed E-state index contributed by atoms with van der Waals surface area (Å²) in [7, 11) is 0. The number of carbonyl (C=O) groups is 3. The molecule has 0 bridgehead atoms. The summed E-state index contributed by atoms with van der Waals surface area (Å²) >= 11 is 0. The number of furan rings is 1. The highest BCUT2D eigenvalue weighted by Gasteiger charge is 2.54. The van der Waals surface area contributed by atoms with Crippen molar-refractivity contribution in [3.8, 4) is 0 Å². The van der Waals surface area contributed by atoms with E-state index in [2.05, 4.69) is 5.32 Å². The average Bonchev–Trinajstić information content (AvgIpc) is 3.31. The van der Waals surface area contributed by atoms with Crippen molar-refractivity contribution in [3.05, 3.63) is 23.7 Å². The molecule has 140 valence electrons. The van der Waals surface area contributed by atoms with E-state index >= 15 is 0 Å². The largest absolute Gasteiger partial charge is 0.469 e. The lowest BCUT2D eigenvalue weighted by Gasteiger charge is -2.50. The number of hydrogen-bond acceptors (Lipinski definition) is 4. The van der Waals surface area contributed by atoms with E-state index in [1.165, 1.54) is 6.26 Å². The number of fused-ring (bicyclic) bond motifs is 1. The maximum atomic E-state index is 13.4. The molecule has 0 aromatic carbocycles. The molecule has 2 atom stereocenters. The number of nitrogens with zero attached hydrogens (tertiary/aromatic N) is 2. The molecule has 0 spiro atoms. The third-order valence-electron chi connectivity index (χ3n) is 6.16. The third-order valence-corrected chi connectivity index (χ3v) is 6.16. The van der Waals surface area contributed by atoms with E-state index in [9.17, 15) is 14.4 Å². The zero-order valence-corrected chi connectivity index (χ0v) is 15.1. The lowest BCUT2D eigenvalue weighted by molar-refractivity contribution is -0.151. The summed E-state index contributed by atoms with van der Waals surface area (Å²) in [5, 5.41) is 3.03. The van der Waals surface area contributed by atoms with Crippen molar-refractivity contribution in [3.63, 3.8) is 0 Å². The zero-order chi connectivity index (χ0) is 18.3. The van der Waals surface area contributed by atoms with Gasteiger partial charge in [-0.25, -0.2) is 0 Å². The van der Waals surface area contributed by atoms with Gasteiger partial charge in [-0.3, -0.25) is 14.4 Å². The fourth-order valence-electron chi connectivity index (χ4n) is 4.67. The summed E-state index contributed by atoms with van der Waals surface area (Å²) in [5.74, 6) is 0.598. The molecule has 1 aromatic rings. The number of aryl methyl sites for hydroxylation is 1. The van der Waals surface area contributed by atoms with Crippen molar-refractivity contribution in [1.29, 1.82) is 0 Å². The minimum atomic E-state index is -0.705. The molecule has 3 saturated heterocycles. The summed E-state index contributed by atoms with van der Waals surface area (Å²) in [4.78, 5) is 42.0. The number of piperidine rings is 2. The van der Waals surface area contributed by atoms with Gasteiger partial charge in [0, 0.05) is 38.6 Å². The molecule has 0 radical (unpaired) electrons. The van der Waals surface area contributed by atoms with Crippen LogP contribution in [0.3, 0.4) is 0 Å². The molecule has 3 amide bonds. The van der Waals surface area contributed by atoms with Gasteiger partial charge in [-0.15, -0.1) is 0 Å². The zero-order valence-electron chi connectivity index (χ0n) is 15.1. The Bertz CT molecular complexity index is 737. The van der Waals surface area contributed by atoms with E-state index in [1.807, 2.05) is 4.90 Å². The Labute approximate surface area is 152 Å². The van der Waals surface area contributed by atoms with Gasteiger partial charge in [0.2, 0.25) is 11.8 Å². The Morgan fingerprint density at radius 1 is 1.23 bits per heavy atom. The molecule has 0 saturated carbocycles. The first-order valence-electron chi connectivity index (χ1n) is 9.43. The van der Waals surface area contributed by atoms with Crippen LogP contribution in [0.4, 0.5) is 0 Å². The molecule has 1 N–H and O–H groups in total. The Morgan fingerprint density at radius 3 is 2.69 bits per heavy atom. The van der Waals surface area contributed by atoms with Crippen molar-refractivity contribution >= 4 is 17.7 Å². The second-order valence-corrected chi connectivity index (χ2v) is 7.68. The lowest BCUT2D eigenvalue weighted by atomic mass is 9.69. The van der Waals surface area contributed by atoms with Crippen LogP contribution in [0.5, 0.6) is 0 Å². The Hall–Kier alpha value is -2.31. The van der Waals surface area contributed by atoms with Crippen LogP contribution in [-0.4, -0.2) is 59.7 Å². The average molecular weight is 359 g/mol. The summed E-state index contributed by atoms with van der Waals surface area (Å²) in [6.45, 7) is 4.21. The molecule has 0 unspecified atom stereocenters. The number of carbonyl (C=O) groups excluding carboxylic acids is 3. The van der Waals surface area contributed by atoms with E-state index in [1.54, 1.807) is 17.9 Å². The summed E-state index contributed by atoms with van der Waals surface area (Å²) in [5.41, 5.74) is -0.156. The number of likely N-dealkylation sites (tertiary alicyclic amines) is 2. The first-order chi connectivity index (χ1) is 12.5. The van der Waals surface area contributed by atoms with Crippen LogP contribution in [0.1, 0.15) is 48.2 Å². The summed E-state index contributed by atoms with van der Waals surface area (Å²) in [6, 6.07) is 1.49. The third kappa shape index (κ3) is 2.70. The van der Waals surface area contributed by atoms with E-state index in [-0.39, 0.29) is 23.8 Å². The molecular formula is C19H25N3O4. The minimum Gasteiger partial charge on any atom is -0.469 e. The van der Waals surface area contributed by atoms with Crippen LogP contribution >= 0.6 is 0 Å². The SMILES string of the molecule is Cc1occc1C(=O)N1CC[C@H]2NC(=O)CC[C@]2(C(=O)N2CCCC2)C1. The molecule has 3 aliphatic heterocycles. The fraction of sp³-hybridized carbons (Fsp3) is 0.632. The number of hydrogen-bond donors (Lipinski definition) is 1. The highest BCUT2D eigenvalue weighted by Crippen LogP contribution is 2.40.